The molecule has 0 spiro atoms. The molecule has 1 fully saturated rings. The van der Waals surface area contributed by atoms with Gasteiger partial charge in [0.25, 0.3) is 0 Å². The Labute approximate surface area is 173 Å². The molecule has 3 rings (SSSR count). The average molecular weight is 416 g/mol. The lowest BCUT2D eigenvalue weighted by atomic mass is 10.1. The fourth-order valence-corrected chi connectivity index (χ4v) is 4.31. The molecule has 0 saturated carbocycles. The van der Waals surface area contributed by atoms with Gasteiger partial charge in [0.1, 0.15) is 0 Å². The van der Waals surface area contributed by atoms with Crippen LogP contribution in [0.5, 0.6) is 0 Å². The molecule has 0 unspecified atom stereocenters. The van der Waals surface area contributed by atoms with Gasteiger partial charge in [-0.2, -0.15) is 0 Å². The number of carbonyl (C=O) groups is 1. The smallest absolute Gasteiger partial charge is 0.240 e. The van der Waals surface area contributed by atoms with Crippen molar-refractivity contribution < 1.29 is 13.2 Å². The van der Waals surface area contributed by atoms with Crippen molar-refractivity contribution in [2.75, 3.05) is 33.2 Å². The number of hydrogen-bond acceptors (Lipinski definition) is 4. The fourth-order valence-electron chi connectivity index (χ4n) is 3.58. The van der Waals surface area contributed by atoms with Gasteiger partial charge in [-0.25, -0.2) is 13.1 Å². The van der Waals surface area contributed by atoms with Crippen molar-refractivity contribution in [2.45, 2.75) is 30.7 Å². The highest BCUT2D eigenvalue weighted by Crippen LogP contribution is 2.14. The molecule has 6 nitrogen and oxygen atoms in total. The lowest BCUT2D eigenvalue weighted by Gasteiger charge is -2.22. The van der Waals surface area contributed by atoms with E-state index >= 15 is 0 Å². The minimum Gasteiger partial charge on any atom is -0.341 e. The van der Waals surface area contributed by atoms with E-state index in [1.807, 2.05) is 11.0 Å². The normalized spacial score (nSPS) is 15.8. The molecule has 1 N–H and O–H groups in total. The van der Waals surface area contributed by atoms with Gasteiger partial charge >= 0.3 is 0 Å². The van der Waals surface area contributed by atoms with Crippen LogP contribution in [0.4, 0.5) is 0 Å². The van der Waals surface area contributed by atoms with Crippen LogP contribution in [-0.4, -0.2) is 57.4 Å². The first kappa shape index (κ1) is 21.5. The number of nitrogens with zero attached hydrogens (tertiary/aromatic N) is 2. The van der Waals surface area contributed by atoms with E-state index in [0.717, 1.165) is 44.7 Å². The van der Waals surface area contributed by atoms with Crippen molar-refractivity contribution in [2.24, 2.45) is 0 Å². The zero-order valence-electron chi connectivity index (χ0n) is 16.9. The van der Waals surface area contributed by atoms with Crippen LogP contribution in [0, 0.1) is 0 Å². The van der Waals surface area contributed by atoms with Gasteiger partial charge in [0.15, 0.2) is 0 Å². The van der Waals surface area contributed by atoms with E-state index in [9.17, 15) is 13.2 Å². The molecule has 0 aromatic heterocycles. The Kier molecular flexibility index (Phi) is 7.41. The Morgan fingerprint density at radius 2 is 1.66 bits per heavy atom. The predicted molar refractivity (Wildman–Crippen MR) is 114 cm³/mol. The number of aryl methyl sites for hydroxylation is 1. The minimum absolute atomic E-state index is 0.165. The highest BCUT2D eigenvalue weighted by molar-refractivity contribution is 7.89. The van der Waals surface area contributed by atoms with Crippen molar-refractivity contribution >= 4 is 15.9 Å². The largest absolute Gasteiger partial charge is 0.341 e. The average Bonchev–Trinajstić information content (AvgIpc) is 2.99. The van der Waals surface area contributed by atoms with E-state index in [0.29, 0.717) is 12.8 Å². The third kappa shape index (κ3) is 6.13. The second-order valence-corrected chi connectivity index (χ2v) is 9.23. The number of carbonyl (C=O) groups excluding carboxylic acids is 1. The van der Waals surface area contributed by atoms with Crippen LogP contribution < -0.4 is 4.72 Å². The maximum absolute atomic E-state index is 12.7. The molecule has 29 heavy (non-hydrogen) atoms. The van der Waals surface area contributed by atoms with Crippen LogP contribution in [0.1, 0.15) is 24.0 Å². The zero-order valence-corrected chi connectivity index (χ0v) is 17.7. The topological polar surface area (TPSA) is 69.7 Å². The summed E-state index contributed by atoms with van der Waals surface area (Å²) in [5.41, 5.74) is 2.27. The Bertz CT molecular complexity index is 899. The van der Waals surface area contributed by atoms with Gasteiger partial charge in [-0.05, 0) is 43.1 Å². The number of amides is 1. The predicted octanol–water partition coefficient (Wildman–Crippen LogP) is 2.26. The number of hydrogen-bond donors (Lipinski definition) is 1. The first-order valence-corrected chi connectivity index (χ1v) is 11.5. The maximum Gasteiger partial charge on any atom is 0.240 e. The quantitative estimate of drug-likeness (QED) is 0.753. The molecular formula is C22H29N3O3S. The summed E-state index contributed by atoms with van der Waals surface area (Å²) in [6, 6.07) is 17.1. The SMILES string of the molecule is CNS(=O)(=O)c1ccc(CCC(=O)N2CCCN(Cc3ccccc3)CC2)cc1. The molecule has 7 heteroatoms. The summed E-state index contributed by atoms with van der Waals surface area (Å²) in [6.07, 6.45) is 2.04. The van der Waals surface area contributed by atoms with Crippen LogP contribution in [0.2, 0.25) is 0 Å². The molecule has 0 bridgehead atoms. The molecule has 0 radical (unpaired) electrons. The standard InChI is InChI=1S/C22H29N3O3S/c1-23-29(27,28)21-11-8-19(9-12-21)10-13-22(26)25-15-5-14-24(16-17-25)18-20-6-3-2-4-7-20/h2-4,6-9,11-12,23H,5,10,13-18H2,1H3. The summed E-state index contributed by atoms with van der Waals surface area (Å²) in [4.78, 5) is 17.3. The Hall–Kier alpha value is -2.22. The van der Waals surface area contributed by atoms with Crippen LogP contribution in [-0.2, 0) is 27.8 Å². The van der Waals surface area contributed by atoms with Crippen molar-refractivity contribution in [3.05, 3.63) is 65.7 Å². The van der Waals surface area contributed by atoms with E-state index in [2.05, 4.69) is 33.9 Å². The second-order valence-electron chi connectivity index (χ2n) is 7.35. The van der Waals surface area contributed by atoms with E-state index < -0.39 is 10.0 Å². The molecule has 0 atom stereocenters. The highest BCUT2D eigenvalue weighted by Gasteiger charge is 2.19. The Morgan fingerprint density at radius 3 is 2.34 bits per heavy atom. The van der Waals surface area contributed by atoms with E-state index in [1.165, 1.54) is 12.6 Å². The molecule has 1 aliphatic rings. The van der Waals surface area contributed by atoms with Gasteiger partial charge in [0.2, 0.25) is 15.9 Å². The second kappa shape index (κ2) is 10.0. The van der Waals surface area contributed by atoms with E-state index in [1.54, 1.807) is 24.3 Å². The summed E-state index contributed by atoms with van der Waals surface area (Å²) in [5, 5.41) is 0. The third-order valence-corrected chi connectivity index (χ3v) is 6.75. The molecule has 0 aliphatic carbocycles. The van der Waals surface area contributed by atoms with Crippen LogP contribution >= 0.6 is 0 Å². The zero-order chi connectivity index (χ0) is 20.7. The highest BCUT2D eigenvalue weighted by atomic mass is 32.2. The molecular weight excluding hydrogens is 386 g/mol. The first-order chi connectivity index (χ1) is 14.0. The first-order valence-electron chi connectivity index (χ1n) is 10.0. The number of rotatable bonds is 7. The van der Waals surface area contributed by atoms with Gasteiger partial charge in [-0.3, -0.25) is 9.69 Å². The summed E-state index contributed by atoms with van der Waals surface area (Å²) in [6.45, 7) is 4.36. The summed E-state index contributed by atoms with van der Waals surface area (Å²) < 4.78 is 25.9. The molecule has 1 saturated heterocycles. The van der Waals surface area contributed by atoms with Gasteiger partial charge in [-0.1, -0.05) is 42.5 Å². The molecule has 2 aromatic rings. The van der Waals surface area contributed by atoms with E-state index in [-0.39, 0.29) is 10.8 Å². The molecule has 1 amide bonds. The van der Waals surface area contributed by atoms with Crippen molar-refractivity contribution in [3.63, 3.8) is 0 Å². The van der Waals surface area contributed by atoms with E-state index in [4.69, 9.17) is 0 Å². The van der Waals surface area contributed by atoms with Crippen LogP contribution in [0.15, 0.2) is 59.5 Å². The van der Waals surface area contributed by atoms with Crippen molar-refractivity contribution in [1.82, 2.24) is 14.5 Å². The van der Waals surface area contributed by atoms with Crippen molar-refractivity contribution in [3.8, 4) is 0 Å². The van der Waals surface area contributed by atoms with Crippen molar-refractivity contribution in [1.29, 1.82) is 0 Å². The lowest BCUT2D eigenvalue weighted by Crippen LogP contribution is -2.35. The minimum atomic E-state index is -3.43. The Balaban J connectivity index is 1.48. The number of benzene rings is 2. The summed E-state index contributed by atoms with van der Waals surface area (Å²) in [7, 11) is -2.03. The summed E-state index contributed by atoms with van der Waals surface area (Å²) in [5.74, 6) is 0.165. The Morgan fingerprint density at radius 1 is 0.931 bits per heavy atom. The fraction of sp³-hybridized carbons (Fsp3) is 0.409. The lowest BCUT2D eigenvalue weighted by molar-refractivity contribution is -0.131. The van der Waals surface area contributed by atoms with Gasteiger partial charge in [0, 0.05) is 39.1 Å². The van der Waals surface area contributed by atoms with Gasteiger partial charge in [0.05, 0.1) is 4.90 Å². The van der Waals surface area contributed by atoms with Gasteiger partial charge in [-0.15, -0.1) is 0 Å². The number of sulfonamides is 1. The number of nitrogens with one attached hydrogen (secondary N) is 1. The molecule has 1 heterocycles. The molecule has 2 aromatic carbocycles. The monoisotopic (exact) mass is 415 g/mol. The van der Waals surface area contributed by atoms with Gasteiger partial charge < -0.3 is 4.90 Å². The third-order valence-electron chi connectivity index (χ3n) is 5.32. The summed E-state index contributed by atoms with van der Waals surface area (Å²) >= 11 is 0. The molecule has 156 valence electrons. The maximum atomic E-state index is 12.7. The van der Waals surface area contributed by atoms with Crippen LogP contribution in [0.3, 0.4) is 0 Å². The van der Waals surface area contributed by atoms with Crippen LogP contribution in [0.25, 0.3) is 0 Å². The molecule has 1 aliphatic heterocycles.